The summed E-state index contributed by atoms with van der Waals surface area (Å²) in [4.78, 5) is 30.5. The number of amides is 2. The highest BCUT2D eigenvalue weighted by Crippen LogP contribution is 2.18. The van der Waals surface area contributed by atoms with Crippen molar-refractivity contribution in [2.75, 3.05) is 25.0 Å². The number of nitrogens with zero attached hydrogens (tertiary/aromatic N) is 2. The number of benzene rings is 1. The number of rotatable bonds is 5. The number of nitrogens with one attached hydrogen (secondary N) is 2. The van der Waals surface area contributed by atoms with Crippen molar-refractivity contribution < 1.29 is 14.0 Å². The molecule has 2 amide bonds. The number of pyridine rings is 1. The number of carbonyl (C=O) groups excluding carboxylic acids is 2. The highest BCUT2D eigenvalue weighted by molar-refractivity contribution is 6.39. The van der Waals surface area contributed by atoms with Crippen LogP contribution in [-0.4, -0.2) is 41.3 Å². The molecule has 2 heterocycles. The second-order valence-corrected chi connectivity index (χ2v) is 6.71. The fourth-order valence-electron chi connectivity index (χ4n) is 3.11. The molecule has 7 heteroatoms. The number of halogens is 1. The number of hydrogen-bond acceptors (Lipinski definition) is 4. The van der Waals surface area contributed by atoms with Crippen LogP contribution in [0.25, 0.3) is 0 Å². The third-order valence-electron chi connectivity index (χ3n) is 4.68. The van der Waals surface area contributed by atoms with Crippen LogP contribution in [0.1, 0.15) is 18.5 Å². The van der Waals surface area contributed by atoms with Crippen LogP contribution in [0.3, 0.4) is 0 Å². The predicted octanol–water partition coefficient (Wildman–Crippen LogP) is 2.19. The van der Waals surface area contributed by atoms with Crippen LogP contribution < -0.4 is 10.6 Å². The molecule has 0 saturated carbocycles. The Labute approximate surface area is 157 Å². The molecule has 0 atom stereocenters. The van der Waals surface area contributed by atoms with Gasteiger partial charge in [0, 0.05) is 25.0 Å². The zero-order chi connectivity index (χ0) is 19.1. The van der Waals surface area contributed by atoms with Crippen molar-refractivity contribution >= 4 is 17.5 Å². The van der Waals surface area contributed by atoms with E-state index in [9.17, 15) is 14.0 Å². The SMILES string of the molecule is O=C(NCC1CCN(Cc2ccccn2)CC1)C(=O)Nc1ccc(F)cc1. The van der Waals surface area contributed by atoms with Gasteiger partial charge in [-0.05, 0) is 68.2 Å². The molecule has 1 saturated heterocycles. The molecule has 142 valence electrons. The molecule has 2 N–H and O–H groups in total. The molecule has 1 aromatic heterocycles. The fourth-order valence-corrected chi connectivity index (χ4v) is 3.11. The Morgan fingerprint density at radius 1 is 1.07 bits per heavy atom. The van der Waals surface area contributed by atoms with E-state index >= 15 is 0 Å². The highest BCUT2D eigenvalue weighted by atomic mass is 19.1. The molecule has 3 rings (SSSR count). The number of carbonyl (C=O) groups is 2. The van der Waals surface area contributed by atoms with Gasteiger partial charge in [-0.2, -0.15) is 0 Å². The summed E-state index contributed by atoms with van der Waals surface area (Å²) in [5, 5.41) is 5.15. The summed E-state index contributed by atoms with van der Waals surface area (Å²) in [5.41, 5.74) is 1.45. The van der Waals surface area contributed by atoms with Gasteiger partial charge in [0.25, 0.3) is 0 Å². The summed E-state index contributed by atoms with van der Waals surface area (Å²) < 4.78 is 12.9. The zero-order valence-corrected chi connectivity index (χ0v) is 15.0. The van der Waals surface area contributed by atoms with E-state index in [1.54, 1.807) is 6.20 Å². The van der Waals surface area contributed by atoms with Gasteiger partial charge in [0.1, 0.15) is 5.82 Å². The van der Waals surface area contributed by atoms with E-state index in [1.807, 2.05) is 18.2 Å². The van der Waals surface area contributed by atoms with Gasteiger partial charge >= 0.3 is 11.8 Å². The molecule has 2 aromatic rings. The Kier molecular flexibility index (Phi) is 6.49. The summed E-state index contributed by atoms with van der Waals surface area (Å²) in [7, 11) is 0. The highest BCUT2D eigenvalue weighted by Gasteiger charge is 2.21. The average molecular weight is 370 g/mol. The second-order valence-electron chi connectivity index (χ2n) is 6.71. The second kappa shape index (κ2) is 9.23. The van der Waals surface area contributed by atoms with E-state index in [2.05, 4.69) is 20.5 Å². The monoisotopic (exact) mass is 370 g/mol. The van der Waals surface area contributed by atoms with Crippen molar-refractivity contribution in [2.45, 2.75) is 19.4 Å². The van der Waals surface area contributed by atoms with Gasteiger partial charge in [0.15, 0.2) is 0 Å². The molecule has 27 heavy (non-hydrogen) atoms. The van der Waals surface area contributed by atoms with Crippen molar-refractivity contribution in [1.82, 2.24) is 15.2 Å². The number of anilines is 1. The predicted molar refractivity (Wildman–Crippen MR) is 100 cm³/mol. The maximum Gasteiger partial charge on any atom is 0.313 e. The molecule has 0 unspecified atom stereocenters. The van der Waals surface area contributed by atoms with Gasteiger partial charge in [0.05, 0.1) is 5.69 Å². The normalized spacial score (nSPS) is 15.3. The lowest BCUT2D eigenvalue weighted by atomic mass is 9.96. The van der Waals surface area contributed by atoms with Crippen molar-refractivity contribution in [3.05, 3.63) is 60.2 Å². The van der Waals surface area contributed by atoms with Gasteiger partial charge in [0.2, 0.25) is 0 Å². The summed E-state index contributed by atoms with van der Waals surface area (Å²) in [5.74, 6) is -1.45. The maximum absolute atomic E-state index is 12.9. The van der Waals surface area contributed by atoms with Crippen molar-refractivity contribution in [2.24, 2.45) is 5.92 Å². The lowest BCUT2D eigenvalue weighted by Crippen LogP contribution is -2.41. The van der Waals surface area contributed by atoms with E-state index in [0.29, 0.717) is 18.2 Å². The summed E-state index contributed by atoms with van der Waals surface area (Å²) in [6.45, 7) is 3.20. The smallest absolute Gasteiger partial charge is 0.313 e. The largest absolute Gasteiger partial charge is 0.348 e. The van der Waals surface area contributed by atoms with Crippen LogP contribution in [0.5, 0.6) is 0 Å². The van der Waals surface area contributed by atoms with Crippen molar-refractivity contribution in [3.8, 4) is 0 Å². The molecule has 0 aliphatic carbocycles. The van der Waals surface area contributed by atoms with E-state index < -0.39 is 17.6 Å². The molecule has 1 aliphatic heterocycles. The van der Waals surface area contributed by atoms with Gasteiger partial charge < -0.3 is 10.6 Å². The Morgan fingerprint density at radius 3 is 2.48 bits per heavy atom. The van der Waals surface area contributed by atoms with Gasteiger partial charge in [-0.25, -0.2) is 4.39 Å². The van der Waals surface area contributed by atoms with Gasteiger partial charge in [-0.3, -0.25) is 19.5 Å². The van der Waals surface area contributed by atoms with Crippen LogP contribution >= 0.6 is 0 Å². The van der Waals surface area contributed by atoms with E-state index in [4.69, 9.17) is 0 Å². The number of aromatic nitrogens is 1. The van der Waals surface area contributed by atoms with Crippen molar-refractivity contribution in [3.63, 3.8) is 0 Å². The first kappa shape index (κ1) is 19.0. The molecule has 1 aliphatic rings. The first-order chi connectivity index (χ1) is 13.1. The minimum atomic E-state index is -0.741. The minimum Gasteiger partial charge on any atom is -0.348 e. The number of piperidine rings is 1. The molecule has 0 spiro atoms. The first-order valence-electron chi connectivity index (χ1n) is 9.07. The molecule has 1 aromatic carbocycles. The quantitative estimate of drug-likeness (QED) is 0.792. The van der Waals surface area contributed by atoms with Crippen LogP contribution in [0.2, 0.25) is 0 Å². The van der Waals surface area contributed by atoms with Gasteiger partial charge in [-0.15, -0.1) is 0 Å². The Balaban J connectivity index is 1.37. The minimum absolute atomic E-state index is 0.354. The van der Waals surface area contributed by atoms with Crippen LogP contribution in [0.4, 0.5) is 10.1 Å². The standard InChI is InChI=1S/C20H23FN4O2/c21-16-4-6-17(7-5-16)24-20(27)19(26)23-13-15-8-11-25(12-9-15)14-18-3-1-2-10-22-18/h1-7,10,15H,8-9,11-14H2,(H,23,26)(H,24,27). The number of likely N-dealkylation sites (tertiary alicyclic amines) is 1. The Hall–Kier alpha value is -2.80. The van der Waals surface area contributed by atoms with Gasteiger partial charge in [-0.1, -0.05) is 6.07 Å². The fraction of sp³-hybridized carbons (Fsp3) is 0.350. The first-order valence-corrected chi connectivity index (χ1v) is 9.07. The van der Waals surface area contributed by atoms with Crippen LogP contribution in [0.15, 0.2) is 48.7 Å². The lowest BCUT2D eigenvalue weighted by Gasteiger charge is -2.31. The molecule has 6 nitrogen and oxygen atoms in total. The van der Waals surface area contributed by atoms with E-state index in [-0.39, 0.29) is 0 Å². The molecule has 0 radical (unpaired) electrons. The third kappa shape index (κ3) is 5.86. The average Bonchev–Trinajstić information content (AvgIpc) is 2.69. The zero-order valence-electron chi connectivity index (χ0n) is 15.0. The maximum atomic E-state index is 12.9. The van der Waals surface area contributed by atoms with Crippen LogP contribution in [0, 0.1) is 11.7 Å². The summed E-state index contributed by atoms with van der Waals surface area (Å²) >= 11 is 0. The molecular formula is C20H23FN4O2. The lowest BCUT2D eigenvalue weighted by molar-refractivity contribution is -0.136. The van der Waals surface area contributed by atoms with Crippen LogP contribution in [-0.2, 0) is 16.1 Å². The molecule has 0 bridgehead atoms. The topological polar surface area (TPSA) is 74.3 Å². The Bertz CT molecular complexity index is 759. The number of hydrogen-bond donors (Lipinski definition) is 2. The third-order valence-corrected chi connectivity index (χ3v) is 4.68. The molecular weight excluding hydrogens is 347 g/mol. The van der Waals surface area contributed by atoms with E-state index in [0.717, 1.165) is 38.2 Å². The molecule has 1 fully saturated rings. The van der Waals surface area contributed by atoms with Crippen molar-refractivity contribution in [1.29, 1.82) is 0 Å². The van der Waals surface area contributed by atoms with E-state index in [1.165, 1.54) is 24.3 Å². The summed E-state index contributed by atoms with van der Waals surface area (Å²) in [6, 6.07) is 11.2. The summed E-state index contributed by atoms with van der Waals surface area (Å²) in [6.07, 6.45) is 3.73. The Morgan fingerprint density at radius 2 is 1.81 bits per heavy atom.